The second-order valence-corrected chi connectivity index (χ2v) is 3.02. The topological polar surface area (TPSA) is 94.1 Å². The van der Waals surface area contributed by atoms with Gasteiger partial charge in [-0.2, -0.15) is 0 Å². The van der Waals surface area contributed by atoms with Crippen LogP contribution in [0.2, 0.25) is 0 Å². The second-order valence-electron chi connectivity index (χ2n) is 3.02. The van der Waals surface area contributed by atoms with Gasteiger partial charge >= 0.3 is 5.69 Å². The summed E-state index contributed by atoms with van der Waals surface area (Å²) >= 11 is 0. The number of nitro benzene ring substituents is 1. The van der Waals surface area contributed by atoms with E-state index in [1.807, 2.05) is 0 Å². The molecule has 0 saturated heterocycles. The number of benzene rings is 1. The third kappa shape index (κ3) is 1.58. The first-order chi connectivity index (χ1) is 7.74. The van der Waals surface area contributed by atoms with E-state index < -0.39 is 4.92 Å². The second kappa shape index (κ2) is 3.97. The minimum Gasteiger partial charge on any atom is -0.376 e. The molecular weight excluding hydrogens is 212 g/mol. The van der Waals surface area contributed by atoms with Gasteiger partial charge in [0.2, 0.25) is 5.52 Å². The smallest absolute Gasteiger partial charge is 0.323 e. The van der Waals surface area contributed by atoms with Crippen LogP contribution in [0.4, 0.5) is 11.4 Å². The minimum absolute atomic E-state index is 0.138. The zero-order valence-corrected chi connectivity index (χ0v) is 8.21. The average Bonchev–Trinajstić information content (AvgIpc) is 2.72. The number of anilines is 1. The van der Waals surface area contributed by atoms with Crippen LogP contribution in [0.1, 0.15) is 0 Å². The molecule has 0 bridgehead atoms. The van der Waals surface area contributed by atoms with Crippen molar-refractivity contribution in [2.24, 2.45) is 0 Å². The fourth-order valence-electron chi connectivity index (χ4n) is 1.35. The molecule has 0 unspecified atom stereocenters. The van der Waals surface area contributed by atoms with Crippen molar-refractivity contribution in [2.75, 3.05) is 11.9 Å². The van der Waals surface area contributed by atoms with Crippen LogP contribution in [0.5, 0.6) is 0 Å². The van der Waals surface area contributed by atoms with Gasteiger partial charge in [-0.05, 0) is 22.4 Å². The Hall–Kier alpha value is -2.44. The molecule has 1 aromatic heterocycles. The van der Waals surface area contributed by atoms with Crippen LogP contribution < -0.4 is 5.32 Å². The van der Waals surface area contributed by atoms with E-state index in [9.17, 15) is 10.1 Å². The predicted octanol–water partition coefficient (Wildman–Crippen LogP) is 1.73. The lowest BCUT2D eigenvalue weighted by molar-refractivity contribution is -0.382. The third-order valence-corrected chi connectivity index (χ3v) is 2.02. The summed E-state index contributed by atoms with van der Waals surface area (Å²) < 4.78 is 4.46. The van der Waals surface area contributed by atoms with Gasteiger partial charge in [-0.3, -0.25) is 10.1 Å². The van der Waals surface area contributed by atoms with E-state index in [-0.39, 0.29) is 11.2 Å². The van der Waals surface area contributed by atoms with Gasteiger partial charge in [0.05, 0.1) is 4.92 Å². The van der Waals surface area contributed by atoms with Crippen molar-refractivity contribution in [1.29, 1.82) is 0 Å². The van der Waals surface area contributed by atoms with Crippen molar-refractivity contribution in [3.8, 4) is 0 Å². The summed E-state index contributed by atoms with van der Waals surface area (Å²) in [5.74, 6) is 0. The molecule has 7 nitrogen and oxygen atoms in total. The molecule has 82 valence electrons. The Morgan fingerprint density at radius 1 is 1.56 bits per heavy atom. The van der Waals surface area contributed by atoms with Crippen molar-refractivity contribution in [3.05, 3.63) is 34.9 Å². The van der Waals surface area contributed by atoms with Gasteiger partial charge < -0.3 is 5.32 Å². The van der Waals surface area contributed by atoms with Crippen molar-refractivity contribution >= 4 is 22.4 Å². The van der Waals surface area contributed by atoms with Crippen LogP contribution in [-0.4, -0.2) is 21.8 Å². The van der Waals surface area contributed by atoms with Gasteiger partial charge in [-0.15, -0.1) is 6.58 Å². The molecule has 0 amide bonds. The van der Waals surface area contributed by atoms with Crippen LogP contribution >= 0.6 is 0 Å². The highest BCUT2D eigenvalue weighted by atomic mass is 16.6. The average molecular weight is 220 g/mol. The van der Waals surface area contributed by atoms with Gasteiger partial charge in [-0.1, -0.05) is 6.08 Å². The maximum atomic E-state index is 10.9. The Labute approximate surface area is 89.9 Å². The molecule has 0 fully saturated rings. The first-order valence-corrected chi connectivity index (χ1v) is 4.48. The van der Waals surface area contributed by atoms with Gasteiger partial charge in [0.25, 0.3) is 0 Å². The molecule has 7 heteroatoms. The lowest BCUT2D eigenvalue weighted by Crippen LogP contribution is -2.02. The Morgan fingerprint density at radius 2 is 2.38 bits per heavy atom. The van der Waals surface area contributed by atoms with Crippen LogP contribution in [-0.2, 0) is 0 Å². The molecule has 1 aromatic carbocycles. The lowest BCUT2D eigenvalue weighted by Gasteiger charge is -2.03. The minimum atomic E-state index is -0.516. The van der Waals surface area contributed by atoms with Crippen LogP contribution in [0.25, 0.3) is 11.0 Å². The van der Waals surface area contributed by atoms with E-state index in [1.165, 1.54) is 0 Å². The Morgan fingerprint density at radius 3 is 3.06 bits per heavy atom. The fraction of sp³-hybridized carbons (Fsp3) is 0.111. The van der Waals surface area contributed by atoms with Gasteiger partial charge in [0, 0.05) is 6.54 Å². The number of rotatable bonds is 4. The summed E-state index contributed by atoms with van der Waals surface area (Å²) in [6.07, 6.45) is 1.61. The molecule has 2 aromatic rings. The molecule has 0 aliphatic heterocycles. The lowest BCUT2D eigenvalue weighted by atomic mass is 10.2. The predicted molar refractivity (Wildman–Crippen MR) is 57.1 cm³/mol. The van der Waals surface area contributed by atoms with Crippen LogP contribution in [0.3, 0.4) is 0 Å². The molecule has 16 heavy (non-hydrogen) atoms. The number of nitro groups is 1. The van der Waals surface area contributed by atoms with Crippen molar-refractivity contribution < 1.29 is 9.55 Å². The molecule has 0 saturated carbocycles. The summed E-state index contributed by atoms with van der Waals surface area (Å²) in [4.78, 5) is 10.4. The van der Waals surface area contributed by atoms with Crippen molar-refractivity contribution in [2.45, 2.75) is 0 Å². The Kier molecular flexibility index (Phi) is 2.50. The quantitative estimate of drug-likeness (QED) is 0.479. The summed E-state index contributed by atoms with van der Waals surface area (Å²) in [6.45, 7) is 3.95. The number of fused-ring (bicyclic) bond motifs is 1. The normalized spacial score (nSPS) is 10.2. The number of aromatic nitrogens is 2. The highest BCUT2D eigenvalue weighted by Crippen LogP contribution is 2.31. The molecule has 0 spiro atoms. The zero-order valence-electron chi connectivity index (χ0n) is 8.21. The summed E-state index contributed by atoms with van der Waals surface area (Å²) in [6, 6.07) is 3.17. The number of hydrogen-bond acceptors (Lipinski definition) is 6. The molecular formula is C9H8N4O3. The van der Waals surface area contributed by atoms with E-state index in [4.69, 9.17) is 0 Å². The summed E-state index contributed by atoms with van der Waals surface area (Å²) in [5.41, 5.74) is 0.726. The standard InChI is InChI=1S/C9H8N4O3/c1-2-5-10-7-4-3-6-8(12-16-11-6)9(7)13(14)15/h2-4,10H,1,5H2. The monoisotopic (exact) mass is 220 g/mol. The molecule has 1 heterocycles. The van der Waals surface area contributed by atoms with Crippen molar-refractivity contribution in [1.82, 2.24) is 10.3 Å². The summed E-state index contributed by atoms with van der Waals surface area (Å²) in [7, 11) is 0. The van der Waals surface area contributed by atoms with E-state index in [0.29, 0.717) is 17.7 Å². The largest absolute Gasteiger partial charge is 0.376 e. The van der Waals surface area contributed by atoms with Gasteiger partial charge in [0.15, 0.2) is 0 Å². The number of hydrogen-bond donors (Lipinski definition) is 1. The molecule has 2 rings (SSSR count). The maximum Gasteiger partial charge on any atom is 0.323 e. The Bertz CT molecular complexity index is 549. The maximum absolute atomic E-state index is 10.9. The van der Waals surface area contributed by atoms with Crippen molar-refractivity contribution in [3.63, 3.8) is 0 Å². The molecule has 0 aliphatic carbocycles. The van der Waals surface area contributed by atoms with E-state index in [0.717, 1.165) is 0 Å². The van der Waals surface area contributed by atoms with Gasteiger partial charge in [-0.25, -0.2) is 4.63 Å². The molecule has 0 radical (unpaired) electrons. The number of nitrogens with zero attached hydrogens (tertiary/aromatic N) is 3. The molecule has 0 atom stereocenters. The number of nitrogens with one attached hydrogen (secondary N) is 1. The fourth-order valence-corrected chi connectivity index (χ4v) is 1.35. The van der Waals surface area contributed by atoms with Crippen LogP contribution in [0.15, 0.2) is 29.4 Å². The SMILES string of the molecule is C=CCNc1ccc2nonc2c1[N+](=O)[O-]. The zero-order chi connectivity index (χ0) is 11.5. The van der Waals surface area contributed by atoms with E-state index in [1.54, 1.807) is 18.2 Å². The van der Waals surface area contributed by atoms with Crippen LogP contribution in [0, 0.1) is 10.1 Å². The van der Waals surface area contributed by atoms with E-state index >= 15 is 0 Å². The highest BCUT2D eigenvalue weighted by Gasteiger charge is 2.21. The highest BCUT2D eigenvalue weighted by molar-refractivity contribution is 5.90. The first kappa shape index (κ1) is 10.1. The molecule has 1 N–H and O–H groups in total. The third-order valence-electron chi connectivity index (χ3n) is 2.02. The first-order valence-electron chi connectivity index (χ1n) is 4.48. The van der Waals surface area contributed by atoms with E-state index in [2.05, 4.69) is 26.8 Å². The summed E-state index contributed by atoms with van der Waals surface area (Å²) in [5, 5.41) is 20.8. The molecule has 0 aliphatic rings. The Balaban J connectivity index is 2.58. The van der Waals surface area contributed by atoms with Gasteiger partial charge in [0.1, 0.15) is 11.2 Å².